The Hall–Kier alpha value is -2.09. The van der Waals surface area contributed by atoms with Crippen molar-refractivity contribution < 1.29 is 4.58 Å². The molecule has 0 unspecified atom stereocenters. The van der Waals surface area contributed by atoms with E-state index in [0.29, 0.717) is 0 Å². The summed E-state index contributed by atoms with van der Waals surface area (Å²) < 4.78 is 2.35. The number of hydrogen-bond acceptors (Lipinski definition) is 1. The van der Waals surface area contributed by atoms with E-state index in [2.05, 4.69) is 86.3 Å². The van der Waals surface area contributed by atoms with Gasteiger partial charge in [0.2, 0.25) is 11.4 Å². The van der Waals surface area contributed by atoms with E-state index in [1.165, 1.54) is 28.1 Å². The monoisotopic (exact) mass is 265 g/mol. The molecule has 0 aromatic heterocycles. The molecule has 2 aromatic rings. The van der Waals surface area contributed by atoms with E-state index >= 15 is 0 Å². The minimum Gasteiger partial charge on any atom is -0.325 e. The Balaban J connectivity index is 2.24. The molecule has 0 amide bonds. The average molecular weight is 265 g/mol. The molecule has 1 aliphatic rings. The SMILES string of the molecule is Cc1cccc(C)c1[N+]1=Cc2ccccc2NC1(C)C. The number of hydrogen-bond donors (Lipinski definition) is 1. The molecule has 1 aliphatic heterocycles. The van der Waals surface area contributed by atoms with Crippen LogP contribution in [0.1, 0.15) is 30.5 Å². The van der Waals surface area contributed by atoms with Gasteiger partial charge in [0.25, 0.3) is 0 Å². The molecule has 2 aromatic carbocycles. The summed E-state index contributed by atoms with van der Waals surface area (Å²) in [5.74, 6) is 0. The Kier molecular flexibility index (Phi) is 2.89. The number of para-hydroxylation sites is 2. The van der Waals surface area contributed by atoms with Gasteiger partial charge in [0.15, 0.2) is 6.21 Å². The van der Waals surface area contributed by atoms with Crippen molar-refractivity contribution in [2.24, 2.45) is 0 Å². The second kappa shape index (κ2) is 4.48. The standard InChI is InChI=1S/C18H20N2/c1-13-8-7-9-14(2)17(13)20-12-15-10-5-6-11-16(15)19-18(20,3)4/h5-12H,1-4H3/p+1. The van der Waals surface area contributed by atoms with Crippen molar-refractivity contribution in [2.75, 3.05) is 5.32 Å². The number of benzene rings is 2. The van der Waals surface area contributed by atoms with Crippen LogP contribution in [0.15, 0.2) is 42.5 Å². The van der Waals surface area contributed by atoms with Crippen molar-refractivity contribution in [3.05, 3.63) is 59.2 Å². The van der Waals surface area contributed by atoms with Crippen LogP contribution in [-0.2, 0) is 0 Å². The molecule has 1 N–H and O–H groups in total. The first kappa shape index (κ1) is 12.9. The van der Waals surface area contributed by atoms with Gasteiger partial charge in [0.1, 0.15) is 0 Å². The number of nitrogens with zero attached hydrogens (tertiary/aromatic N) is 1. The van der Waals surface area contributed by atoms with Gasteiger partial charge in [-0.2, -0.15) is 4.58 Å². The van der Waals surface area contributed by atoms with E-state index in [1.54, 1.807) is 0 Å². The molecule has 3 rings (SSSR count). The Bertz CT molecular complexity index is 676. The van der Waals surface area contributed by atoms with Crippen molar-refractivity contribution in [2.45, 2.75) is 33.4 Å². The molecule has 0 saturated carbocycles. The second-order valence-electron chi connectivity index (χ2n) is 6.01. The lowest BCUT2D eigenvalue weighted by atomic mass is 10.0. The summed E-state index contributed by atoms with van der Waals surface area (Å²) >= 11 is 0. The number of aryl methyl sites for hydroxylation is 2. The van der Waals surface area contributed by atoms with Gasteiger partial charge in [-0.3, -0.25) is 0 Å². The predicted molar refractivity (Wildman–Crippen MR) is 85.1 cm³/mol. The average Bonchev–Trinajstić information content (AvgIpc) is 2.38. The molecule has 0 atom stereocenters. The lowest BCUT2D eigenvalue weighted by Gasteiger charge is -2.30. The van der Waals surface area contributed by atoms with E-state index in [9.17, 15) is 0 Å². The predicted octanol–water partition coefficient (Wildman–Crippen LogP) is 4.23. The molecule has 0 bridgehead atoms. The Labute approximate surface area is 120 Å². The third-order valence-corrected chi connectivity index (χ3v) is 3.95. The fourth-order valence-corrected chi connectivity index (χ4v) is 2.94. The highest BCUT2D eigenvalue weighted by Gasteiger charge is 2.37. The van der Waals surface area contributed by atoms with E-state index < -0.39 is 0 Å². The van der Waals surface area contributed by atoms with Gasteiger partial charge < -0.3 is 5.32 Å². The van der Waals surface area contributed by atoms with Crippen LogP contribution < -0.4 is 5.32 Å². The smallest absolute Gasteiger partial charge is 0.235 e. The molecule has 2 nitrogen and oxygen atoms in total. The van der Waals surface area contributed by atoms with Crippen molar-refractivity contribution in [1.29, 1.82) is 0 Å². The molecule has 0 saturated heterocycles. The number of rotatable bonds is 1. The Morgan fingerprint density at radius 3 is 2.25 bits per heavy atom. The number of fused-ring (bicyclic) bond motifs is 1. The number of anilines is 1. The van der Waals surface area contributed by atoms with Gasteiger partial charge in [-0.15, -0.1) is 0 Å². The second-order valence-corrected chi connectivity index (χ2v) is 6.01. The zero-order valence-electron chi connectivity index (χ0n) is 12.6. The highest BCUT2D eigenvalue weighted by Crippen LogP contribution is 2.33. The maximum Gasteiger partial charge on any atom is 0.235 e. The van der Waals surface area contributed by atoms with Crippen molar-refractivity contribution >= 4 is 17.6 Å². The zero-order chi connectivity index (χ0) is 14.3. The first-order chi connectivity index (χ1) is 9.49. The van der Waals surface area contributed by atoms with Crippen LogP contribution in [0.25, 0.3) is 0 Å². The normalized spacial score (nSPS) is 16.1. The third-order valence-electron chi connectivity index (χ3n) is 3.95. The van der Waals surface area contributed by atoms with E-state index in [1.807, 2.05) is 0 Å². The summed E-state index contributed by atoms with van der Waals surface area (Å²) in [4.78, 5) is 0. The van der Waals surface area contributed by atoms with Gasteiger partial charge in [-0.05, 0) is 26.0 Å². The molecule has 0 spiro atoms. The Morgan fingerprint density at radius 2 is 1.55 bits per heavy atom. The summed E-state index contributed by atoms with van der Waals surface area (Å²) in [5.41, 5.74) is 6.17. The lowest BCUT2D eigenvalue weighted by molar-refractivity contribution is -0.513. The molecule has 20 heavy (non-hydrogen) atoms. The van der Waals surface area contributed by atoms with Gasteiger partial charge >= 0.3 is 0 Å². The first-order valence-electron chi connectivity index (χ1n) is 7.07. The third kappa shape index (κ3) is 2.01. The van der Waals surface area contributed by atoms with Gasteiger partial charge in [-0.25, -0.2) is 0 Å². The summed E-state index contributed by atoms with van der Waals surface area (Å²) in [7, 11) is 0. The largest absolute Gasteiger partial charge is 0.325 e. The molecule has 0 aliphatic carbocycles. The van der Waals surface area contributed by atoms with E-state index in [0.717, 1.165) is 0 Å². The summed E-state index contributed by atoms with van der Waals surface area (Å²) in [6, 6.07) is 14.9. The van der Waals surface area contributed by atoms with Gasteiger partial charge in [0, 0.05) is 25.0 Å². The maximum atomic E-state index is 3.63. The van der Waals surface area contributed by atoms with Crippen molar-refractivity contribution in [3.8, 4) is 0 Å². The molecule has 102 valence electrons. The van der Waals surface area contributed by atoms with Crippen LogP contribution in [0, 0.1) is 13.8 Å². The highest BCUT2D eigenvalue weighted by molar-refractivity contribution is 5.87. The minimum absolute atomic E-state index is 0.148. The molecular weight excluding hydrogens is 244 g/mol. The zero-order valence-corrected chi connectivity index (χ0v) is 12.6. The maximum absolute atomic E-state index is 3.63. The summed E-state index contributed by atoms with van der Waals surface area (Å²) in [6.07, 6.45) is 2.25. The van der Waals surface area contributed by atoms with Gasteiger partial charge in [0.05, 0.1) is 11.3 Å². The Morgan fingerprint density at radius 1 is 0.900 bits per heavy atom. The molecule has 0 fully saturated rings. The fourth-order valence-electron chi connectivity index (χ4n) is 2.94. The summed E-state index contributed by atoms with van der Waals surface area (Å²) in [5, 5.41) is 3.63. The molecule has 0 radical (unpaired) electrons. The lowest BCUT2D eigenvalue weighted by Crippen LogP contribution is -2.45. The molecule has 2 heteroatoms. The first-order valence-corrected chi connectivity index (χ1v) is 7.07. The van der Waals surface area contributed by atoms with Crippen LogP contribution in [0.2, 0.25) is 0 Å². The number of nitrogens with one attached hydrogen (secondary N) is 1. The van der Waals surface area contributed by atoms with Crippen LogP contribution in [-0.4, -0.2) is 16.5 Å². The summed E-state index contributed by atoms with van der Waals surface area (Å²) in [6.45, 7) is 8.77. The van der Waals surface area contributed by atoms with Crippen molar-refractivity contribution in [3.63, 3.8) is 0 Å². The van der Waals surface area contributed by atoms with Crippen LogP contribution >= 0.6 is 0 Å². The van der Waals surface area contributed by atoms with Crippen molar-refractivity contribution in [1.82, 2.24) is 0 Å². The van der Waals surface area contributed by atoms with Gasteiger partial charge in [-0.1, -0.05) is 30.3 Å². The fraction of sp³-hybridized carbons (Fsp3) is 0.278. The van der Waals surface area contributed by atoms with Crippen LogP contribution in [0.4, 0.5) is 11.4 Å². The van der Waals surface area contributed by atoms with E-state index in [4.69, 9.17) is 0 Å². The quantitative estimate of drug-likeness (QED) is 0.763. The molecular formula is C18H21N2+. The topological polar surface area (TPSA) is 15.0 Å². The van der Waals surface area contributed by atoms with Crippen LogP contribution in [0.5, 0.6) is 0 Å². The van der Waals surface area contributed by atoms with E-state index in [-0.39, 0.29) is 5.66 Å². The molecule has 1 heterocycles. The minimum atomic E-state index is -0.148. The highest BCUT2D eigenvalue weighted by atomic mass is 15.3. The van der Waals surface area contributed by atoms with Crippen LogP contribution in [0.3, 0.4) is 0 Å².